The van der Waals surface area contributed by atoms with Crippen molar-refractivity contribution >= 4 is 17.2 Å². The molecule has 0 aliphatic heterocycles. The summed E-state index contributed by atoms with van der Waals surface area (Å²) < 4.78 is 0. The number of aromatic nitrogens is 2. The van der Waals surface area contributed by atoms with E-state index in [1.807, 2.05) is 5.38 Å². The van der Waals surface area contributed by atoms with Crippen LogP contribution in [-0.4, -0.2) is 27.8 Å². The Hall–Kier alpha value is -1.95. The van der Waals surface area contributed by atoms with Crippen molar-refractivity contribution in [3.05, 3.63) is 50.8 Å². The molecule has 0 spiro atoms. The molecule has 5 nitrogen and oxygen atoms in total. The number of thiazole rings is 1. The minimum absolute atomic E-state index is 0.144. The minimum atomic E-state index is -0.219. The van der Waals surface area contributed by atoms with Gasteiger partial charge in [-0.2, -0.15) is 0 Å². The summed E-state index contributed by atoms with van der Waals surface area (Å²) in [4.78, 5) is 31.0. The molecule has 2 aromatic heterocycles. The predicted molar refractivity (Wildman–Crippen MR) is 65.0 cm³/mol. The number of rotatable bonds is 3. The summed E-state index contributed by atoms with van der Waals surface area (Å²) in [5.41, 5.74) is 2.83. The standard InChI is InChI=1S/C11H11N3O2S/c1-14(5-9-6-17-7-13-9)11(16)8-2-3-10(15)12-4-8/h2-4,6-7H,5H2,1H3,(H,12,15). The lowest BCUT2D eigenvalue weighted by Gasteiger charge is -2.15. The molecule has 6 heteroatoms. The Morgan fingerprint density at radius 1 is 1.53 bits per heavy atom. The lowest BCUT2D eigenvalue weighted by Crippen LogP contribution is -2.26. The van der Waals surface area contributed by atoms with Crippen LogP contribution in [0, 0.1) is 0 Å². The molecule has 0 atom stereocenters. The molecule has 2 rings (SSSR count). The van der Waals surface area contributed by atoms with Gasteiger partial charge in [-0.1, -0.05) is 0 Å². The van der Waals surface area contributed by atoms with Crippen LogP contribution in [0.1, 0.15) is 16.1 Å². The maximum absolute atomic E-state index is 12.0. The Kier molecular flexibility index (Phi) is 3.34. The molecular weight excluding hydrogens is 238 g/mol. The fraction of sp³-hybridized carbons (Fsp3) is 0.182. The van der Waals surface area contributed by atoms with Gasteiger partial charge in [-0.05, 0) is 6.07 Å². The SMILES string of the molecule is CN(Cc1cscn1)C(=O)c1ccc(=O)[nH]c1. The van der Waals surface area contributed by atoms with Gasteiger partial charge in [0.2, 0.25) is 5.56 Å². The van der Waals surface area contributed by atoms with Crippen LogP contribution in [0.25, 0.3) is 0 Å². The van der Waals surface area contributed by atoms with E-state index in [0.29, 0.717) is 12.1 Å². The summed E-state index contributed by atoms with van der Waals surface area (Å²) in [5.74, 6) is -0.144. The van der Waals surface area contributed by atoms with Crippen LogP contribution >= 0.6 is 11.3 Å². The van der Waals surface area contributed by atoms with Crippen molar-refractivity contribution in [3.63, 3.8) is 0 Å². The molecule has 1 N–H and O–H groups in total. The molecule has 0 aliphatic carbocycles. The van der Waals surface area contributed by atoms with Gasteiger partial charge in [0.25, 0.3) is 5.91 Å². The van der Waals surface area contributed by atoms with Gasteiger partial charge in [0.05, 0.1) is 23.3 Å². The number of hydrogen-bond donors (Lipinski definition) is 1. The number of amides is 1. The molecule has 2 aromatic rings. The minimum Gasteiger partial charge on any atom is -0.336 e. The van der Waals surface area contributed by atoms with Gasteiger partial charge in [0, 0.05) is 24.7 Å². The Balaban J connectivity index is 2.09. The van der Waals surface area contributed by atoms with Crippen LogP contribution in [0.5, 0.6) is 0 Å². The van der Waals surface area contributed by atoms with Crippen molar-refractivity contribution in [2.75, 3.05) is 7.05 Å². The Labute approximate surface area is 102 Å². The van der Waals surface area contributed by atoms with Gasteiger partial charge in [-0.25, -0.2) is 4.98 Å². The highest BCUT2D eigenvalue weighted by Gasteiger charge is 2.12. The zero-order chi connectivity index (χ0) is 12.3. The summed E-state index contributed by atoms with van der Waals surface area (Å²) >= 11 is 1.49. The van der Waals surface area contributed by atoms with Crippen LogP contribution in [0.15, 0.2) is 34.0 Å². The van der Waals surface area contributed by atoms with Crippen LogP contribution in [0.4, 0.5) is 0 Å². The molecule has 1 amide bonds. The van der Waals surface area contributed by atoms with E-state index in [2.05, 4.69) is 9.97 Å². The first-order valence-electron chi connectivity index (χ1n) is 4.98. The van der Waals surface area contributed by atoms with E-state index in [-0.39, 0.29) is 11.5 Å². The molecule has 0 radical (unpaired) electrons. The molecule has 17 heavy (non-hydrogen) atoms. The molecule has 0 saturated heterocycles. The number of nitrogens with zero attached hydrogens (tertiary/aromatic N) is 2. The van der Waals surface area contributed by atoms with Gasteiger partial charge >= 0.3 is 0 Å². The van der Waals surface area contributed by atoms with Crippen LogP contribution in [0.2, 0.25) is 0 Å². The smallest absolute Gasteiger partial charge is 0.255 e. The normalized spacial score (nSPS) is 10.2. The molecule has 0 unspecified atom stereocenters. The summed E-state index contributed by atoms with van der Waals surface area (Å²) in [6.07, 6.45) is 1.42. The zero-order valence-corrected chi connectivity index (χ0v) is 10.0. The molecule has 0 bridgehead atoms. The van der Waals surface area contributed by atoms with Crippen molar-refractivity contribution in [1.29, 1.82) is 0 Å². The van der Waals surface area contributed by atoms with Crippen LogP contribution < -0.4 is 5.56 Å². The van der Waals surface area contributed by atoms with E-state index in [4.69, 9.17) is 0 Å². The molecule has 88 valence electrons. The number of hydrogen-bond acceptors (Lipinski definition) is 4. The van der Waals surface area contributed by atoms with Crippen molar-refractivity contribution in [2.24, 2.45) is 0 Å². The van der Waals surface area contributed by atoms with Gasteiger partial charge in [-0.15, -0.1) is 11.3 Å². The highest BCUT2D eigenvalue weighted by Crippen LogP contribution is 2.07. The number of carbonyl (C=O) groups is 1. The third kappa shape index (κ3) is 2.79. The van der Waals surface area contributed by atoms with Crippen LogP contribution in [-0.2, 0) is 6.54 Å². The maximum Gasteiger partial charge on any atom is 0.255 e. The van der Waals surface area contributed by atoms with E-state index >= 15 is 0 Å². The molecule has 0 aliphatic rings. The summed E-state index contributed by atoms with van der Waals surface area (Å²) in [6.45, 7) is 0.460. The fourth-order valence-corrected chi connectivity index (χ4v) is 1.94. The number of carbonyl (C=O) groups excluding carboxylic acids is 1. The van der Waals surface area contributed by atoms with E-state index in [1.165, 1.54) is 29.7 Å². The third-order valence-corrected chi connectivity index (χ3v) is 2.90. The number of pyridine rings is 1. The average molecular weight is 249 g/mol. The van der Waals surface area contributed by atoms with E-state index in [0.717, 1.165) is 5.69 Å². The lowest BCUT2D eigenvalue weighted by atomic mass is 10.2. The predicted octanol–water partition coefficient (Wildman–Crippen LogP) is 1.10. The second-order valence-electron chi connectivity index (χ2n) is 3.58. The fourth-order valence-electron chi connectivity index (χ4n) is 1.39. The first kappa shape index (κ1) is 11.5. The number of aromatic amines is 1. The Morgan fingerprint density at radius 3 is 2.94 bits per heavy atom. The largest absolute Gasteiger partial charge is 0.336 e. The van der Waals surface area contributed by atoms with Gasteiger partial charge in [0.1, 0.15) is 0 Å². The van der Waals surface area contributed by atoms with Crippen molar-refractivity contribution in [2.45, 2.75) is 6.54 Å². The summed E-state index contributed by atoms with van der Waals surface area (Å²) in [6, 6.07) is 2.85. The second-order valence-corrected chi connectivity index (χ2v) is 4.30. The highest BCUT2D eigenvalue weighted by molar-refractivity contribution is 7.07. The second kappa shape index (κ2) is 4.92. The van der Waals surface area contributed by atoms with Crippen molar-refractivity contribution < 1.29 is 4.79 Å². The lowest BCUT2D eigenvalue weighted by molar-refractivity contribution is 0.0783. The highest BCUT2D eigenvalue weighted by atomic mass is 32.1. The van der Waals surface area contributed by atoms with E-state index in [1.54, 1.807) is 17.5 Å². The number of H-pyrrole nitrogens is 1. The monoisotopic (exact) mass is 249 g/mol. The average Bonchev–Trinajstić information content (AvgIpc) is 2.82. The van der Waals surface area contributed by atoms with Crippen molar-refractivity contribution in [3.8, 4) is 0 Å². The summed E-state index contributed by atoms with van der Waals surface area (Å²) in [5, 5.41) is 1.90. The first-order chi connectivity index (χ1) is 8.16. The molecular formula is C11H11N3O2S. The van der Waals surface area contributed by atoms with Gasteiger partial charge in [0.15, 0.2) is 0 Å². The van der Waals surface area contributed by atoms with E-state index < -0.39 is 0 Å². The first-order valence-corrected chi connectivity index (χ1v) is 5.92. The molecule has 2 heterocycles. The van der Waals surface area contributed by atoms with E-state index in [9.17, 15) is 9.59 Å². The molecule has 0 aromatic carbocycles. The third-order valence-electron chi connectivity index (χ3n) is 2.26. The molecule has 0 saturated carbocycles. The van der Waals surface area contributed by atoms with Gasteiger partial charge < -0.3 is 9.88 Å². The Morgan fingerprint density at radius 2 is 2.35 bits per heavy atom. The molecule has 0 fully saturated rings. The van der Waals surface area contributed by atoms with Gasteiger partial charge in [-0.3, -0.25) is 9.59 Å². The van der Waals surface area contributed by atoms with Crippen molar-refractivity contribution in [1.82, 2.24) is 14.9 Å². The maximum atomic E-state index is 12.0. The van der Waals surface area contributed by atoms with Crippen LogP contribution in [0.3, 0.4) is 0 Å². The zero-order valence-electron chi connectivity index (χ0n) is 9.21. The summed E-state index contributed by atoms with van der Waals surface area (Å²) in [7, 11) is 1.70. The Bertz CT molecular complexity index is 542. The topological polar surface area (TPSA) is 66.1 Å². The number of nitrogens with one attached hydrogen (secondary N) is 1. The quantitative estimate of drug-likeness (QED) is 0.886.